The third-order valence-electron chi connectivity index (χ3n) is 18.8. The number of hydrogen-bond donors (Lipinski definition) is 0. The molecule has 0 aliphatic rings. The number of aromatic nitrogens is 13. The van der Waals surface area contributed by atoms with Gasteiger partial charge in [-0.05, 0) is 202 Å². The van der Waals surface area contributed by atoms with Crippen molar-refractivity contribution in [2.45, 2.75) is 194 Å². The first kappa shape index (κ1) is 90.1. The van der Waals surface area contributed by atoms with Crippen LogP contribution in [0.25, 0.3) is 98.5 Å². The van der Waals surface area contributed by atoms with Crippen LogP contribution in [-0.4, -0.2) is 61.9 Å². The molecule has 16 aromatic rings. The smallest absolute Gasteiger partial charge is 0.140 e. The zero-order chi connectivity index (χ0) is 80.1. The lowest BCUT2D eigenvalue weighted by Gasteiger charge is -2.04. The van der Waals surface area contributed by atoms with Crippen molar-refractivity contribution in [3.63, 3.8) is 0 Å². The van der Waals surface area contributed by atoms with Gasteiger partial charge in [0.05, 0.1) is 67.1 Å². The Morgan fingerprint density at radius 1 is 0.264 bits per heavy atom. The van der Waals surface area contributed by atoms with Gasteiger partial charge < -0.3 is 32.0 Å². The molecule has 12 aromatic heterocycles. The molecule has 12 heterocycles. The quantitative estimate of drug-likeness (QED) is 0.149. The molecule has 0 atom stereocenters. The molecule has 0 aliphatic heterocycles. The summed E-state index contributed by atoms with van der Waals surface area (Å²) in [7, 11) is 14.6. The minimum Gasteiger partial charge on any atom is -0.348 e. The molecule has 0 amide bonds. The minimum absolute atomic E-state index is 1.06. The van der Waals surface area contributed by atoms with Crippen LogP contribution in [0.3, 0.4) is 0 Å². The summed E-state index contributed by atoms with van der Waals surface area (Å²) in [6.07, 6.45) is 13.2. The number of fused-ring (bicyclic) bond motifs is 11. The van der Waals surface area contributed by atoms with E-state index in [9.17, 15) is 0 Å². The molecule has 0 radical (unpaired) electrons. The largest absolute Gasteiger partial charge is 0.348 e. The molecule has 4 aromatic carbocycles. The van der Waals surface area contributed by atoms with Crippen LogP contribution in [0.1, 0.15) is 176 Å². The number of aryl methyl sites for hydroxylation is 21. The monoisotopic (exact) mass is 1430 g/mol. The van der Waals surface area contributed by atoms with E-state index in [2.05, 4.69) is 291 Å². The second kappa shape index (κ2) is 43.3. The standard InChI is InChI=1S/2C14H14N2.C11H13N.4C10H12N2.7C2H6/c1-9-4-5-12-11-6-7-15-8-13(11)16(3)14(12)10(9)2;1-9-6-7-11-12-5-4-8-15-14(12)16(3)13(11)10(9)2;1-8-5-4-6-10-7-9(2)12(3)11(8)10;1-7-5-11-6-9-4-8(2)12(3)10(7)9;1-7-6-9-4-5-11-8(2)10(9)12(7)3;1-7-4-5-11-9-6-8(2)12(3)10(7)9;1-7-5-4-6-9-10(7)12(3)8(2)11-9;7*1-2/h2*4-8H,1-3H3;4-7H,1-3H3;4*4-6H,1-3H3;7*1-2H3. The Balaban J connectivity index is 0.000000313. The van der Waals surface area contributed by atoms with Crippen LogP contribution in [0.5, 0.6) is 0 Å². The van der Waals surface area contributed by atoms with Crippen molar-refractivity contribution in [2.75, 3.05) is 0 Å². The highest BCUT2D eigenvalue weighted by Gasteiger charge is 2.14. The van der Waals surface area contributed by atoms with E-state index in [1.54, 1.807) is 0 Å². The van der Waals surface area contributed by atoms with Crippen LogP contribution in [0, 0.1) is 96.9 Å². The highest BCUT2D eigenvalue weighted by atomic mass is 15.1. The number of pyridine rings is 5. The van der Waals surface area contributed by atoms with Crippen molar-refractivity contribution in [1.82, 2.24) is 61.9 Å². The predicted molar refractivity (Wildman–Crippen MR) is 468 cm³/mol. The summed E-state index contributed by atoms with van der Waals surface area (Å²) >= 11 is 0. The van der Waals surface area contributed by atoms with Gasteiger partial charge in [-0.25, -0.2) is 9.97 Å². The van der Waals surface area contributed by atoms with Gasteiger partial charge in [0.25, 0.3) is 0 Å². The lowest BCUT2D eigenvalue weighted by molar-refractivity contribution is 0.883. The zero-order valence-corrected chi connectivity index (χ0v) is 71.8. The van der Waals surface area contributed by atoms with Crippen molar-refractivity contribution in [3.8, 4) is 0 Å². The van der Waals surface area contributed by atoms with Gasteiger partial charge in [0, 0.05) is 147 Å². The Morgan fingerprint density at radius 2 is 0.726 bits per heavy atom. The number of rotatable bonds is 0. The van der Waals surface area contributed by atoms with Gasteiger partial charge in [-0.15, -0.1) is 0 Å². The van der Waals surface area contributed by atoms with E-state index >= 15 is 0 Å². The summed E-state index contributed by atoms with van der Waals surface area (Å²) in [6.45, 7) is 57.7. The van der Waals surface area contributed by atoms with Gasteiger partial charge >= 0.3 is 0 Å². The molecule has 106 heavy (non-hydrogen) atoms. The van der Waals surface area contributed by atoms with Crippen molar-refractivity contribution in [3.05, 3.63) is 237 Å². The maximum absolute atomic E-state index is 4.45. The first-order valence-corrected chi connectivity index (χ1v) is 38.5. The van der Waals surface area contributed by atoms with Crippen molar-refractivity contribution >= 4 is 98.5 Å². The molecule has 0 aliphatic carbocycles. The van der Waals surface area contributed by atoms with Gasteiger partial charge in [-0.3, -0.25) is 19.9 Å². The van der Waals surface area contributed by atoms with Crippen LogP contribution in [0.2, 0.25) is 0 Å². The summed E-state index contributed by atoms with van der Waals surface area (Å²) in [5, 5.41) is 9.00. The van der Waals surface area contributed by atoms with Crippen LogP contribution >= 0.6 is 0 Å². The molecule has 0 bridgehead atoms. The fraction of sp³-hybridized carbons (Fsp3) is 0.376. The van der Waals surface area contributed by atoms with E-state index < -0.39 is 0 Å². The van der Waals surface area contributed by atoms with Crippen LogP contribution in [-0.2, 0) is 49.3 Å². The van der Waals surface area contributed by atoms with Crippen molar-refractivity contribution < 1.29 is 0 Å². The SMILES string of the molecule is CC.CC.CC.CC.CC.CC.CC.Cc1ccc2c3cccnc3n(C)c2c1C.Cc1ccc2c3ccncc3n(C)c2c1C.Cc1cccc2cc(C)n(C)c12.Cc1cccc2nc(C)n(C)c12.Cc1ccnc2cc(C)n(C)c12.Cc1cncc2cc(C)n(C)c12.Cc1nccc2cc(C)n(C)c12. The number of benzene rings is 4. The molecule has 0 saturated carbocycles. The van der Waals surface area contributed by atoms with Crippen molar-refractivity contribution in [1.29, 1.82) is 0 Å². The van der Waals surface area contributed by atoms with E-state index in [0.29, 0.717) is 0 Å². The highest BCUT2D eigenvalue weighted by Crippen LogP contribution is 2.33. The first-order valence-electron chi connectivity index (χ1n) is 38.5. The molecule has 0 saturated heterocycles. The van der Waals surface area contributed by atoms with Gasteiger partial charge in [-0.1, -0.05) is 152 Å². The summed E-state index contributed by atoms with van der Waals surface area (Å²) in [6, 6.07) is 40.4. The lowest BCUT2D eigenvalue weighted by atomic mass is 10.1. The Labute approximate surface area is 637 Å². The van der Waals surface area contributed by atoms with E-state index in [0.717, 1.165) is 28.2 Å². The van der Waals surface area contributed by atoms with Gasteiger partial charge in [0.2, 0.25) is 0 Å². The average Bonchev–Trinajstić information content (AvgIpc) is 1.61. The van der Waals surface area contributed by atoms with Gasteiger partial charge in [0.15, 0.2) is 0 Å². The fourth-order valence-electron chi connectivity index (χ4n) is 13.1. The summed E-state index contributed by atoms with van der Waals surface area (Å²) < 4.78 is 15.4. The van der Waals surface area contributed by atoms with Crippen LogP contribution in [0.15, 0.2) is 159 Å². The molecule has 13 nitrogen and oxygen atoms in total. The van der Waals surface area contributed by atoms with Crippen LogP contribution in [0.4, 0.5) is 0 Å². The third-order valence-corrected chi connectivity index (χ3v) is 18.8. The number of nitrogens with zero attached hydrogens (tertiary/aromatic N) is 13. The Morgan fingerprint density at radius 3 is 1.26 bits per heavy atom. The Bertz CT molecular complexity index is 4760. The number of para-hydroxylation sites is 2. The minimum atomic E-state index is 1.06. The van der Waals surface area contributed by atoms with Gasteiger partial charge in [0.1, 0.15) is 11.5 Å². The molecule has 13 heteroatoms. The maximum atomic E-state index is 4.45. The van der Waals surface area contributed by atoms with Crippen LogP contribution < -0.4 is 0 Å². The molecule has 0 unspecified atom stereocenters. The van der Waals surface area contributed by atoms with E-state index in [1.807, 2.05) is 172 Å². The fourth-order valence-corrected chi connectivity index (χ4v) is 13.1. The predicted octanol–water partition coefficient (Wildman–Crippen LogP) is 25.4. The topological polar surface area (TPSA) is 112 Å². The lowest BCUT2D eigenvalue weighted by Crippen LogP contribution is -1.92. The number of hydrogen-bond acceptors (Lipinski definition) is 6. The molecular weight excluding hydrogens is 1300 g/mol. The van der Waals surface area contributed by atoms with E-state index in [1.165, 1.54) is 149 Å². The van der Waals surface area contributed by atoms with Crippen molar-refractivity contribution in [2.24, 2.45) is 49.3 Å². The molecule has 568 valence electrons. The molecule has 0 N–H and O–H groups in total. The second-order valence-corrected chi connectivity index (χ2v) is 24.8. The molecule has 16 rings (SSSR count). The average molecular weight is 1430 g/mol. The third kappa shape index (κ3) is 20.3. The summed E-state index contributed by atoms with van der Waals surface area (Å²) in [5.41, 5.74) is 30.2. The summed E-state index contributed by atoms with van der Waals surface area (Å²) in [4.78, 5) is 25.8. The maximum Gasteiger partial charge on any atom is 0.140 e. The second-order valence-electron chi connectivity index (χ2n) is 24.8. The highest BCUT2D eigenvalue weighted by molar-refractivity contribution is 6.09. The molecule has 0 spiro atoms. The van der Waals surface area contributed by atoms with E-state index in [-0.39, 0.29) is 0 Å². The van der Waals surface area contributed by atoms with Gasteiger partial charge in [-0.2, -0.15) is 0 Å². The molecule has 0 fully saturated rings. The zero-order valence-electron chi connectivity index (χ0n) is 71.8. The first-order chi connectivity index (χ1) is 50.9. The normalized spacial score (nSPS) is 10.0. The Hall–Kier alpha value is -10.1. The Kier molecular flexibility index (Phi) is 36.8. The summed E-state index contributed by atoms with van der Waals surface area (Å²) in [5.74, 6) is 1.07. The van der Waals surface area contributed by atoms with E-state index in [4.69, 9.17) is 0 Å². The number of imidazole rings is 1. The molecular formula is C93H131N13.